The molecule has 1 fully saturated rings. The molecular weight excluding hydrogens is 413 g/mol. The zero-order valence-electron chi connectivity index (χ0n) is 17.1. The zero-order chi connectivity index (χ0) is 22.4. The van der Waals surface area contributed by atoms with Gasteiger partial charge in [0, 0.05) is 18.9 Å². The molecule has 3 rings (SSSR count). The number of benzene rings is 1. The van der Waals surface area contributed by atoms with E-state index in [2.05, 4.69) is 10.3 Å². The van der Waals surface area contributed by atoms with E-state index in [4.69, 9.17) is 9.47 Å². The van der Waals surface area contributed by atoms with Crippen LogP contribution in [0.4, 0.5) is 13.2 Å². The van der Waals surface area contributed by atoms with Crippen molar-refractivity contribution < 1.29 is 32.5 Å². The molecule has 1 aliphatic rings. The van der Waals surface area contributed by atoms with E-state index >= 15 is 0 Å². The molecule has 1 amide bonds. The van der Waals surface area contributed by atoms with Gasteiger partial charge in [0.2, 0.25) is 5.88 Å². The average molecular weight is 438 g/mol. The molecule has 2 aromatic rings. The molecule has 6 nitrogen and oxygen atoms in total. The summed E-state index contributed by atoms with van der Waals surface area (Å²) in [6, 6.07) is 5.76. The molecule has 0 bridgehead atoms. The third kappa shape index (κ3) is 5.95. The Labute approximate surface area is 178 Å². The Bertz CT molecular complexity index is 887. The van der Waals surface area contributed by atoms with Crippen molar-refractivity contribution in [3.63, 3.8) is 0 Å². The van der Waals surface area contributed by atoms with Crippen LogP contribution in [0.25, 0.3) is 11.1 Å². The van der Waals surface area contributed by atoms with Crippen LogP contribution in [-0.4, -0.2) is 48.5 Å². The van der Waals surface area contributed by atoms with Crippen molar-refractivity contribution in [3.05, 3.63) is 47.7 Å². The zero-order valence-corrected chi connectivity index (χ0v) is 17.1. The molecule has 1 saturated carbocycles. The Balaban J connectivity index is 1.88. The Morgan fingerprint density at radius 3 is 2.55 bits per heavy atom. The number of nitrogens with zero attached hydrogens (tertiary/aromatic N) is 1. The van der Waals surface area contributed by atoms with Gasteiger partial charge in [-0.05, 0) is 36.6 Å². The molecule has 1 aromatic heterocycles. The van der Waals surface area contributed by atoms with Gasteiger partial charge in [0.05, 0.1) is 29.9 Å². The predicted molar refractivity (Wildman–Crippen MR) is 108 cm³/mol. The van der Waals surface area contributed by atoms with E-state index in [0.717, 1.165) is 25.0 Å². The van der Waals surface area contributed by atoms with Crippen molar-refractivity contribution in [3.8, 4) is 17.0 Å². The SMILES string of the molecule is COCCOc1ncc(C(=O)NC2CCCCC2O)cc1-c1ccc(C(F)(F)F)cc1. The number of pyridine rings is 1. The normalized spacial score (nSPS) is 19.1. The number of carbonyl (C=O) groups excluding carboxylic acids is 1. The van der Waals surface area contributed by atoms with E-state index in [0.29, 0.717) is 30.6 Å². The van der Waals surface area contributed by atoms with Gasteiger partial charge in [-0.3, -0.25) is 4.79 Å². The number of aliphatic hydroxyl groups excluding tert-OH is 1. The summed E-state index contributed by atoms with van der Waals surface area (Å²) in [5, 5.41) is 12.9. The van der Waals surface area contributed by atoms with E-state index in [1.54, 1.807) is 0 Å². The standard InChI is InChI=1S/C22H25F3N2O4/c1-30-10-11-31-21-17(14-6-8-16(9-7-14)22(23,24)25)12-15(13-26-21)20(29)27-18-4-2-3-5-19(18)28/h6-9,12-13,18-19,28H,2-5,10-11H2,1H3,(H,27,29). The average Bonchev–Trinajstić information content (AvgIpc) is 2.75. The Morgan fingerprint density at radius 1 is 1.19 bits per heavy atom. The highest BCUT2D eigenvalue weighted by Crippen LogP contribution is 2.34. The van der Waals surface area contributed by atoms with Gasteiger partial charge >= 0.3 is 6.18 Å². The predicted octanol–water partition coefficient (Wildman–Crippen LogP) is 3.83. The van der Waals surface area contributed by atoms with Gasteiger partial charge < -0.3 is 19.9 Å². The fourth-order valence-electron chi connectivity index (χ4n) is 3.49. The summed E-state index contributed by atoms with van der Waals surface area (Å²) in [6.45, 7) is 0.493. The maximum absolute atomic E-state index is 12.9. The number of hydrogen-bond acceptors (Lipinski definition) is 5. The number of amides is 1. The van der Waals surface area contributed by atoms with Crippen LogP contribution in [0, 0.1) is 0 Å². The van der Waals surface area contributed by atoms with Crippen LogP contribution in [0.15, 0.2) is 36.5 Å². The summed E-state index contributed by atoms with van der Waals surface area (Å²) in [6.07, 6.45) is -0.547. The van der Waals surface area contributed by atoms with E-state index in [9.17, 15) is 23.1 Å². The Hall–Kier alpha value is -2.65. The van der Waals surface area contributed by atoms with Crippen LogP contribution in [-0.2, 0) is 10.9 Å². The minimum Gasteiger partial charge on any atom is -0.475 e. The van der Waals surface area contributed by atoms with Gasteiger partial charge in [-0.2, -0.15) is 13.2 Å². The van der Waals surface area contributed by atoms with Gasteiger partial charge in [-0.1, -0.05) is 25.0 Å². The lowest BCUT2D eigenvalue weighted by Gasteiger charge is -2.28. The molecular formula is C22H25F3N2O4. The van der Waals surface area contributed by atoms with Crippen LogP contribution in [0.1, 0.15) is 41.6 Å². The molecule has 1 aliphatic carbocycles. The summed E-state index contributed by atoms with van der Waals surface area (Å²) >= 11 is 0. The lowest BCUT2D eigenvalue weighted by Crippen LogP contribution is -2.45. The first-order chi connectivity index (χ1) is 14.8. The third-order valence-electron chi connectivity index (χ3n) is 5.21. The van der Waals surface area contributed by atoms with Crippen molar-refractivity contribution in [1.29, 1.82) is 0 Å². The highest BCUT2D eigenvalue weighted by molar-refractivity contribution is 5.95. The van der Waals surface area contributed by atoms with Crippen molar-refractivity contribution in [2.24, 2.45) is 0 Å². The molecule has 0 radical (unpaired) electrons. The molecule has 0 spiro atoms. The number of ether oxygens (including phenoxy) is 2. The van der Waals surface area contributed by atoms with Crippen molar-refractivity contribution >= 4 is 5.91 Å². The number of hydrogen-bond donors (Lipinski definition) is 2. The molecule has 9 heteroatoms. The number of aliphatic hydroxyl groups is 1. The fourth-order valence-corrected chi connectivity index (χ4v) is 3.49. The first-order valence-electron chi connectivity index (χ1n) is 10.1. The fraction of sp³-hybridized carbons (Fsp3) is 0.455. The first-order valence-corrected chi connectivity index (χ1v) is 10.1. The lowest BCUT2D eigenvalue weighted by atomic mass is 9.92. The lowest BCUT2D eigenvalue weighted by molar-refractivity contribution is -0.137. The number of carbonyl (C=O) groups is 1. The second-order valence-corrected chi connectivity index (χ2v) is 7.42. The van der Waals surface area contributed by atoms with Crippen LogP contribution in [0.3, 0.4) is 0 Å². The van der Waals surface area contributed by atoms with Gasteiger partial charge in [0.1, 0.15) is 6.61 Å². The van der Waals surface area contributed by atoms with Gasteiger partial charge in [0.15, 0.2) is 0 Å². The number of rotatable bonds is 7. The van der Waals surface area contributed by atoms with Crippen molar-refractivity contribution in [2.75, 3.05) is 20.3 Å². The second-order valence-electron chi connectivity index (χ2n) is 7.42. The molecule has 168 valence electrons. The Kier molecular flexibility index (Phi) is 7.50. The smallest absolute Gasteiger partial charge is 0.416 e. The summed E-state index contributed by atoms with van der Waals surface area (Å²) in [7, 11) is 1.51. The molecule has 0 saturated heterocycles. The summed E-state index contributed by atoms with van der Waals surface area (Å²) in [5.41, 5.74) is 0.278. The number of alkyl halides is 3. The van der Waals surface area contributed by atoms with E-state index in [-0.39, 0.29) is 24.1 Å². The van der Waals surface area contributed by atoms with Gasteiger partial charge in [0.25, 0.3) is 5.91 Å². The van der Waals surface area contributed by atoms with Crippen molar-refractivity contribution in [1.82, 2.24) is 10.3 Å². The highest BCUT2D eigenvalue weighted by atomic mass is 19.4. The number of halogens is 3. The maximum Gasteiger partial charge on any atom is 0.416 e. The minimum atomic E-state index is -4.45. The summed E-state index contributed by atoms with van der Waals surface area (Å²) in [4.78, 5) is 16.9. The van der Waals surface area contributed by atoms with Crippen LogP contribution in [0.5, 0.6) is 5.88 Å². The first kappa shape index (κ1) is 23.0. The maximum atomic E-state index is 12.9. The molecule has 1 aromatic carbocycles. The third-order valence-corrected chi connectivity index (χ3v) is 5.21. The monoisotopic (exact) mass is 438 g/mol. The molecule has 2 N–H and O–H groups in total. The number of methoxy groups -OCH3 is 1. The molecule has 2 unspecified atom stereocenters. The number of nitrogens with one attached hydrogen (secondary N) is 1. The molecule has 0 aliphatic heterocycles. The van der Waals surface area contributed by atoms with Gasteiger partial charge in [-0.25, -0.2) is 4.98 Å². The second kappa shape index (κ2) is 10.1. The van der Waals surface area contributed by atoms with Crippen molar-refractivity contribution in [2.45, 2.75) is 44.0 Å². The van der Waals surface area contributed by atoms with Crippen LogP contribution in [0.2, 0.25) is 0 Å². The minimum absolute atomic E-state index is 0.186. The van der Waals surface area contributed by atoms with Crippen LogP contribution >= 0.6 is 0 Å². The number of aromatic nitrogens is 1. The van der Waals surface area contributed by atoms with E-state index in [1.165, 1.54) is 31.5 Å². The Morgan fingerprint density at radius 2 is 1.90 bits per heavy atom. The summed E-state index contributed by atoms with van der Waals surface area (Å²) < 4.78 is 49.3. The largest absolute Gasteiger partial charge is 0.475 e. The van der Waals surface area contributed by atoms with Gasteiger partial charge in [-0.15, -0.1) is 0 Å². The summed E-state index contributed by atoms with van der Waals surface area (Å²) in [5.74, 6) is -0.221. The quantitative estimate of drug-likeness (QED) is 0.643. The van der Waals surface area contributed by atoms with Crippen LogP contribution < -0.4 is 10.1 Å². The van der Waals surface area contributed by atoms with E-state index in [1.807, 2.05) is 0 Å². The molecule has 1 heterocycles. The van der Waals surface area contributed by atoms with E-state index < -0.39 is 23.8 Å². The molecule has 31 heavy (non-hydrogen) atoms. The topological polar surface area (TPSA) is 80.7 Å². The molecule has 2 atom stereocenters. The highest BCUT2D eigenvalue weighted by Gasteiger charge is 2.30.